The smallest absolute Gasteiger partial charge is 0.232 e. The molecule has 0 aliphatic heterocycles. The fraction of sp³-hybridized carbons (Fsp3) is 0.667. The molecule has 0 aromatic heterocycles. The van der Waals surface area contributed by atoms with Gasteiger partial charge in [0.25, 0.3) is 0 Å². The van der Waals surface area contributed by atoms with Crippen molar-refractivity contribution in [2.45, 2.75) is 9.66 Å². The number of hydrogen-bond acceptors (Lipinski definition) is 0. The van der Waals surface area contributed by atoms with Gasteiger partial charge in [-0.3, -0.25) is 0 Å². The van der Waals surface area contributed by atoms with E-state index in [0.717, 1.165) is 0 Å². The largest absolute Gasteiger partial charge is 0.373 e. The minimum absolute atomic E-state index is 1.47. The van der Waals surface area contributed by atoms with Crippen LogP contribution in [0, 0.1) is 7.18 Å². The molecular weight excluding hydrogens is 291 g/mol. The number of halogens is 7. The molecule has 0 spiro atoms. The van der Waals surface area contributed by atoms with Crippen molar-refractivity contribution in [1.29, 1.82) is 0 Å². The molecule has 0 atom stereocenters. The van der Waals surface area contributed by atoms with Crippen LogP contribution in [-0.4, -0.2) is 9.66 Å². The van der Waals surface area contributed by atoms with Crippen molar-refractivity contribution in [3.63, 3.8) is 0 Å². The monoisotopic (exact) mass is 289 g/mol. The molecule has 0 heterocycles. The number of alkyl halides is 6. The Morgan fingerprint density at radius 3 is 0.900 bits per heavy atom. The maximum absolute atomic E-state index is 11.3. The summed E-state index contributed by atoms with van der Waals surface area (Å²) in [6, 6.07) is 0. The van der Waals surface area contributed by atoms with Gasteiger partial charge < -0.3 is 0 Å². The van der Waals surface area contributed by atoms with Gasteiger partial charge in [0.15, 0.2) is 0 Å². The summed E-state index contributed by atoms with van der Waals surface area (Å²) in [5.41, 5.74) is 0. The van der Waals surface area contributed by atoms with E-state index >= 15 is 0 Å². The first-order valence-corrected chi connectivity index (χ1v) is 3.16. The van der Waals surface area contributed by atoms with Crippen LogP contribution in [0.2, 0.25) is 0 Å². The molecule has 0 fully saturated rings. The first kappa shape index (κ1) is 13.2. The van der Waals surface area contributed by atoms with Gasteiger partial charge in [-0.2, -0.15) is 17.6 Å². The van der Waals surface area contributed by atoms with Gasteiger partial charge in [0, 0.05) is 0 Å². The lowest BCUT2D eigenvalue weighted by Crippen LogP contribution is -2.27. The summed E-state index contributed by atoms with van der Waals surface area (Å²) < 4.78 is 54.1. The highest BCUT2D eigenvalue weighted by Gasteiger charge is 2.52. The van der Waals surface area contributed by atoms with Crippen molar-refractivity contribution in [2.24, 2.45) is 0 Å². The lowest BCUT2D eigenvalue weighted by molar-refractivity contribution is -0.0724. The van der Waals surface area contributed by atoms with Gasteiger partial charge in [0.1, 0.15) is 0 Å². The van der Waals surface area contributed by atoms with Crippen molar-refractivity contribution in [3.8, 4) is 0 Å². The maximum Gasteiger partial charge on any atom is 0.373 e. The lowest BCUT2D eigenvalue weighted by atomic mass is 10.8. The van der Waals surface area contributed by atoms with E-state index in [1.54, 1.807) is 0 Å². The molecular formula is C3Br2F5. The van der Waals surface area contributed by atoms with Crippen LogP contribution in [0.25, 0.3) is 0 Å². The van der Waals surface area contributed by atoms with Gasteiger partial charge in [0.05, 0.1) is 0 Å². The second-order valence-corrected chi connectivity index (χ2v) is 2.99. The van der Waals surface area contributed by atoms with Crippen molar-refractivity contribution >= 4 is 31.9 Å². The average molecular weight is 291 g/mol. The molecule has 10 heavy (non-hydrogen) atoms. The first-order chi connectivity index (χ1) is 4.25. The number of rotatable bonds is 1. The van der Waals surface area contributed by atoms with E-state index in [1.807, 2.05) is 0 Å². The highest BCUT2D eigenvalue weighted by atomic mass is 79.9. The van der Waals surface area contributed by atoms with Gasteiger partial charge in [0.2, 0.25) is 7.18 Å². The van der Waals surface area contributed by atoms with Crippen LogP contribution in [0.4, 0.5) is 22.0 Å². The Bertz CT molecular complexity index is 69.9. The van der Waals surface area contributed by atoms with E-state index in [2.05, 4.69) is 7.18 Å². The van der Waals surface area contributed by atoms with E-state index in [9.17, 15) is 17.6 Å². The molecule has 61 valence electrons. The van der Waals surface area contributed by atoms with Gasteiger partial charge >= 0.3 is 9.66 Å². The predicted octanol–water partition coefficient (Wildman–Crippen LogP) is 3.46. The third-order valence-corrected chi connectivity index (χ3v) is 1.85. The van der Waals surface area contributed by atoms with Gasteiger partial charge in [-0.15, -0.1) is 0 Å². The molecule has 0 aliphatic rings. The zero-order chi connectivity index (χ0) is 9.00. The zero-order valence-electron chi connectivity index (χ0n) is 4.15. The minimum Gasteiger partial charge on any atom is -0.232 e. The summed E-state index contributed by atoms with van der Waals surface area (Å²) in [6.07, 6.45) is 0. The molecule has 0 rings (SSSR count). The van der Waals surface area contributed by atoms with Gasteiger partial charge in [-0.25, -0.2) is 4.39 Å². The Balaban J connectivity index is 0. The minimum atomic E-state index is -4.17. The van der Waals surface area contributed by atoms with E-state index in [0.29, 0.717) is 0 Å². The predicted molar refractivity (Wildman–Crippen MR) is 32.1 cm³/mol. The average Bonchev–Trinajstić information content (AvgIpc) is 1.66. The highest BCUT2D eigenvalue weighted by molar-refractivity contribution is 9.12. The van der Waals surface area contributed by atoms with Crippen molar-refractivity contribution in [1.82, 2.24) is 0 Å². The van der Waals surface area contributed by atoms with Crippen LogP contribution in [0.3, 0.4) is 0 Å². The van der Waals surface area contributed by atoms with Crippen LogP contribution < -0.4 is 0 Å². The Hall–Kier alpha value is 0.610. The third kappa shape index (κ3) is 5.40. The van der Waals surface area contributed by atoms with Crippen LogP contribution in [-0.2, 0) is 0 Å². The Kier molecular flexibility index (Phi) is 5.92. The Morgan fingerprint density at radius 1 is 0.800 bits per heavy atom. The molecule has 0 nitrogen and oxygen atoms in total. The first-order valence-electron chi connectivity index (χ1n) is 1.57. The van der Waals surface area contributed by atoms with Crippen LogP contribution in [0.5, 0.6) is 0 Å². The summed E-state index contributed by atoms with van der Waals surface area (Å²) in [4.78, 5) is -8.33. The molecule has 0 bridgehead atoms. The molecule has 3 radical (unpaired) electrons. The molecule has 0 saturated heterocycles. The van der Waals surface area contributed by atoms with E-state index in [4.69, 9.17) is 4.39 Å². The summed E-state index contributed by atoms with van der Waals surface area (Å²) in [6.45, 7) is 0. The Morgan fingerprint density at radius 2 is 0.900 bits per heavy atom. The second kappa shape index (κ2) is 4.48. The standard InChI is InChI=1S/C2Br2F4.CF/c3-1(5,6)2(4,7)8;1-2. The van der Waals surface area contributed by atoms with Crippen molar-refractivity contribution in [3.05, 3.63) is 7.18 Å². The maximum atomic E-state index is 11.3. The van der Waals surface area contributed by atoms with Crippen LogP contribution in [0.1, 0.15) is 0 Å². The molecule has 0 N–H and O–H groups in total. The lowest BCUT2D eigenvalue weighted by Gasteiger charge is -2.13. The fourth-order valence-corrected chi connectivity index (χ4v) is 0. The van der Waals surface area contributed by atoms with Crippen molar-refractivity contribution in [2.75, 3.05) is 0 Å². The van der Waals surface area contributed by atoms with Crippen LogP contribution >= 0.6 is 31.9 Å². The Labute approximate surface area is 71.0 Å². The number of hydrogen-bond donors (Lipinski definition) is 0. The molecule has 0 aromatic rings. The molecule has 0 aliphatic carbocycles. The molecule has 0 saturated carbocycles. The van der Waals surface area contributed by atoms with Gasteiger partial charge in [-0.05, 0) is 31.9 Å². The topological polar surface area (TPSA) is 0 Å². The summed E-state index contributed by atoms with van der Waals surface area (Å²) in [7, 11) is 4.25. The molecule has 0 unspecified atom stereocenters. The quantitative estimate of drug-likeness (QED) is 0.512. The van der Waals surface area contributed by atoms with Gasteiger partial charge in [-0.1, -0.05) is 0 Å². The SMILES string of the molecule is FC(F)(Br)C(F)(F)Br.[C]F. The third-order valence-electron chi connectivity index (χ3n) is 0.321. The summed E-state index contributed by atoms with van der Waals surface area (Å²) >= 11 is 2.94. The van der Waals surface area contributed by atoms with Crippen molar-refractivity contribution < 1.29 is 22.0 Å². The summed E-state index contributed by atoms with van der Waals surface area (Å²) in [5, 5.41) is 0. The zero-order valence-corrected chi connectivity index (χ0v) is 7.32. The van der Waals surface area contributed by atoms with E-state index in [-0.39, 0.29) is 0 Å². The van der Waals surface area contributed by atoms with E-state index in [1.165, 1.54) is 31.9 Å². The fourth-order valence-electron chi connectivity index (χ4n) is 0. The van der Waals surface area contributed by atoms with E-state index < -0.39 is 9.66 Å². The highest BCUT2D eigenvalue weighted by Crippen LogP contribution is 2.43. The summed E-state index contributed by atoms with van der Waals surface area (Å²) in [5.74, 6) is 0. The van der Waals surface area contributed by atoms with Crippen LogP contribution in [0.15, 0.2) is 0 Å². The molecule has 0 amide bonds. The second-order valence-electron chi connectivity index (χ2n) is 0.996. The molecule has 0 aromatic carbocycles. The normalized spacial score (nSPS) is 12.0. The molecule has 7 heteroatoms.